The molecule has 0 saturated heterocycles. The van der Waals surface area contributed by atoms with E-state index in [4.69, 9.17) is 4.42 Å². The Balaban J connectivity index is 1.31. The molecule has 0 radical (unpaired) electrons. The van der Waals surface area contributed by atoms with E-state index in [0.717, 1.165) is 39.0 Å². The van der Waals surface area contributed by atoms with Crippen LogP contribution in [0.5, 0.6) is 0 Å². The highest BCUT2D eigenvalue weighted by Crippen LogP contribution is 2.50. The van der Waals surface area contributed by atoms with Crippen molar-refractivity contribution in [2.45, 2.75) is 0 Å². The number of para-hydroxylation sites is 1. The summed E-state index contributed by atoms with van der Waals surface area (Å²) in [5.41, 5.74) is 9.76. The van der Waals surface area contributed by atoms with Crippen LogP contribution in [0.4, 0.5) is 17.1 Å². The summed E-state index contributed by atoms with van der Waals surface area (Å²) in [4.78, 5) is 2.43. The van der Waals surface area contributed by atoms with E-state index in [9.17, 15) is 0 Å². The smallest absolute Gasteiger partial charge is 0.137 e. The van der Waals surface area contributed by atoms with Gasteiger partial charge in [-0.05, 0) is 80.0 Å². The lowest BCUT2D eigenvalue weighted by Gasteiger charge is -2.30. The first kappa shape index (κ1) is 28.4. The van der Waals surface area contributed by atoms with E-state index in [1.807, 2.05) is 12.1 Å². The first-order valence-corrected chi connectivity index (χ1v) is 17.1. The molecule has 0 aliphatic rings. The Bertz CT molecular complexity index is 2870. The number of rotatable bonds is 5. The number of anilines is 3. The molecule has 0 spiro atoms. The third kappa shape index (κ3) is 4.57. The Morgan fingerprint density at radius 3 is 1.68 bits per heavy atom. The molecule has 9 aromatic carbocycles. The van der Waals surface area contributed by atoms with Crippen molar-refractivity contribution in [1.82, 2.24) is 0 Å². The zero-order valence-electron chi connectivity index (χ0n) is 27.3. The van der Waals surface area contributed by atoms with Crippen molar-refractivity contribution in [2.24, 2.45) is 0 Å². The van der Waals surface area contributed by atoms with Crippen molar-refractivity contribution in [2.75, 3.05) is 4.90 Å². The van der Waals surface area contributed by atoms with Crippen LogP contribution in [-0.4, -0.2) is 0 Å². The van der Waals surface area contributed by atoms with E-state index in [0.29, 0.717) is 0 Å². The Kier molecular flexibility index (Phi) is 6.53. The second-order valence-corrected chi connectivity index (χ2v) is 12.9. The predicted octanol–water partition coefficient (Wildman–Crippen LogP) is 13.8. The van der Waals surface area contributed by atoms with Gasteiger partial charge in [0.1, 0.15) is 11.2 Å². The van der Waals surface area contributed by atoms with E-state index in [2.05, 4.69) is 181 Å². The van der Waals surface area contributed by atoms with Gasteiger partial charge in [0.25, 0.3) is 0 Å². The number of hydrogen-bond acceptors (Lipinski definition) is 2. The third-order valence-electron chi connectivity index (χ3n) is 10.0. The van der Waals surface area contributed by atoms with Gasteiger partial charge in [-0.1, -0.05) is 146 Å². The van der Waals surface area contributed by atoms with E-state index in [1.54, 1.807) is 0 Å². The molecule has 10 rings (SSSR count). The summed E-state index contributed by atoms with van der Waals surface area (Å²) in [5.74, 6) is 0. The molecule has 10 aromatic rings. The van der Waals surface area contributed by atoms with Gasteiger partial charge in [-0.15, -0.1) is 0 Å². The molecule has 0 saturated carbocycles. The Labute approximate surface area is 290 Å². The highest BCUT2D eigenvalue weighted by molar-refractivity contribution is 6.23. The average Bonchev–Trinajstić information content (AvgIpc) is 3.56. The molecule has 50 heavy (non-hydrogen) atoms. The van der Waals surface area contributed by atoms with Gasteiger partial charge in [-0.2, -0.15) is 0 Å². The Hall–Kier alpha value is -6.64. The molecule has 0 atom stereocenters. The summed E-state index contributed by atoms with van der Waals surface area (Å²) < 4.78 is 6.49. The van der Waals surface area contributed by atoms with Gasteiger partial charge < -0.3 is 9.32 Å². The molecule has 0 aliphatic carbocycles. The van der Waals surface area contributed by atoms with Crippen molar-refractivity contribution in [1.29, 1.82) is 0 Å². The van der Waals surface area contributed by atoms with Crippen molar-refractivity contribution >= 4 is 71.3 Å². The lowest BCUT2D eigenvalue weighted by molar-refractivity contribution is 0.669. The average molecular weight is 638 g/mol. The molecule has 234 valence electrons. The van der Waals surface area contributed by atoms with Crippen LogP contribution < -0.4 is 4.90 Å². The molecule has 2 nitrogen and oxygen atoms in total. The number of furan rings is 1. The first-order valence-electron chi connectivity index (χ1n) is 17.1. The summed E-state index contributed by atoms with van der Waals surface area (Å²) in [7, 11) is 0. The van der Waals surface area contributed by atoms with Crippen LogP contribution in [-0.2, 0) is 0 Å². The Morgan fingerprint density at radius 2 is 0.880 bits per heavy atom. The highest BCUT2D eigenvalue weighted by Gasteiger charge is 2.24. The van der Waals surface area contributed by atoms with Gasteiger partial charge in [0, 0.05) is 39.2 Å². The van der Waals surface area contributed by atoms with Crippen LogP contribution in [0.15, 0.2) is 192 Å². The van der Waals surface area contributed by atoms with Gasteiger partial charge in [0.2, 0.25) is 0 Å². The van der Waals surface area contributed by atoms with Gasteiger partial charge in [-0.25, -0.2) is 0 Å². The monoisotopic (exact) mass is 637 g/mol. The van der Waals surface area contributed by atoms with E-state index in [1.165, 1.54) is 54.6 Å². The zero-order valence-corrected chi connectivity index (χ0v) is 27.3. The number of hydrogen-bond donors (Lipinski definition) is 0. The van der Waals surface area contributed by atoms with Crippen LogP contribution in [0.2, 0.25) is 0 Å². The summed E-state index contributed by atoms with van der Waals surface area (Å²) in [6.45, 7) is 0. The van der Waals surface area contributed by atoms with Crippen LogP contribution in [0, 0.1) is 0 Å². The van der Waals surface area contributed by atoms with Crippen molar-refractivity contribution < 1.29 is 4.42 Å². The third-order valence-corrected chi connectivity index (χ3v) is 10.0. The maximum atomic E-state index is 6.49. The van der Waals surface area contributed by atoms with E-state index in [-0.39, 0.29) is 0 Å². The molecule has 0 amide bonds. The van der Waals surface area contributed by atoms with Gasteiger partial charge >= 0.3 is 0 Å². The predicted molar refractivity (Wildman–Crippen MR) is 212 cm³/mol. The standard InChI is InChI=1S/C48H31NO/c1-2-12-32(13-3-1)34-24-26-37(27-25-34)49(38-28-29-42-41-18-10-11-21-45(41)50-46(42)31-38)48-44-20-9-7-17-40(44)39-16-6-8-19-43(39)47(48)36-23-22-33-14-4-5-15-35(33)30-36/h1-31H. The summed E-state index contributed by atoms with van der Waals surface area (Å²) in [6, 6.07) is 67.6. The molecule has 0 fully saturated rings. The van der Waals surface area contributed by atoms with Crippen molar-refractivity contribution in [3.05, 3.63) is 188 Å². The SMILES string of the molecule is c1ccc(-c2ccc(N(c3ccc4c(c3)oc3ccccc34)c3c(-c4ccc5ccccc5c4)c4ccccc4c4ccccc34)cc2)cc1. The van der Waals surface area contributed by atoms with Gasteiger partial charge in [0.05, 0.1) is 5.69 Å². The minimum absolute atomic E-state index is 0.868. The number of fused-ring (bicyclic) bond motifs is 7. The maximum absolute atomic E-state index is 6.49. The molecule has 0 unspecified atom stereocenters. The summed E-state index contributed by atoms with van der Waals surface area (Å²) >= 11 is 0. The normalized spacial score (nSPS) is 11.6. The van der Waals surface area contributed by atoms with Crippen LogP contribution >= 0.6 is 0 Å². The molecule has 0 aliphatic heterocycles. The fourth-order valence-electron chi connectivity index (χ4n) is 7.69. The minimum atomic E-state index is 0.868. The lowest BCUT2D eigenvalue weighted by Crippen LogP contribution is -2.12. The highest BCUT2D eigenvalue weighted by atomic mass is 16.3. The van der Waals surface area contributed by atoms with Crippen LogP contribution in [0.3, 0.4) is 0 Å². The topological polar surface area (TPSA) is 16.4 Å². The maximum Gasteiger partial charge on any atom is 0.137 e. The molecule has 1 heterocycles. The van der Waals surface area contributed by atoms with Crippen LogP contribution in [0.25, 0.3) is 76.5 Å². The molecular formula is C48H31NO. The molecule has 0 N–H and O–H groups in total. The second kappa shape index (κ2) is 11.5. The summed E-state index contributed by atoms with van der Waals surface area (Å²) in [6.07, 6.45) is 0. The lowest BCUT2D eigenvalue weighted by atomic mass is 9.89. The van der Waals surface area contributed by atoms with Crippen molar-refractivity contribution in [3.63, 3.8) is 0 Å². The van der Waals surface area contributed by atoms with Gasteiger partial charge in [-0.3, -0.25) is 0 Å². The van der Waals surface area contributed by atoms with Gasteiger partial charge in [0.15, 0.2) is 0 Å². The van der Waals surface area contributed by atoms with Crippen LogP contribution in [0.1, 0.15) is 0 Å². The molecule has 2 heteroatoms. The minimum Gasteiger partial charge on any atom is -0.456 e. The first-order chi connectivity index (χ1) is 24.8. The Morgan fingerprint density at radius 1 is 0.320 bits per heavy atom. The zero-order chi connectivity index (χ0) is 33.0. The molecule has 1 aromatic heterocycles. The second-order valence-electron chi connectivity index (χ2n) is 12.9. The number of benzene rings is 9. The fraction of sp³-hybridized carbons (Fsp3) is 0. The largest absolute Gasteiger partial charge is 0.456 e. The quantitative estimate of drug-likeness (QED) is 0.175. The number of nitrogens with zero attached hydrogens (tertiary/aromatic N) is 1. The molecular weight excluding hydrogens is 607 g/mol. The summed E-state index contributed by atoms with van der Waals surface area (Å²) in [5, 5.41) is 9.55. The van der Waals surface area contributed by atoms with Crippen molar-refractivity contribution in [3.8, 4) is 22.3 Å². The van der Waals surface area contributed by atoms with E-state index >= 15 is 0 Å². The molecule has 0 bridgehead atoms. The fourth-order valence-corrected chi connectivity index (χ4v) is 7.69. The van der Waals surface area contributed by atoms with E-state index < -0.39 is 0 Å².